The van der Waals surface area contributed by atoms with Gasteiger partial charge in [-0.2, -0.15) is 0 Å². The van der Waals surface area contributed by atoms with Gasteiger partial charge in [0.2, 0.25) is 10.0 Å². The monoisotopic (exact) mass is 261 g/mol. The van der Waals surface area contributed by atoms with Gasteiger partial charge in [-0.1, -0.05) is 0 Å². The summed E-state index contributed by atoms with van der Waals surface area (Å²) in [5.74, 6) is 0.0799. The fourth-order valence-corrected chi connectivity index (χ4v) is 3.65. The van der Waals surface area contributed by atoms with Crippen LogP contribution in [0.4, 0.5) is 0 Å². The van der Waals surface area contributed by atoms with Gasteiger partial charge in [-0.05, 0) is 44.2 Å². The Kier molecular flexibility index (Phi) is 4.07. The van der Waals surface area contributed by atoms with Crippen molar-refractivity contribution in [3.05, 3.63) is 0 Å². The van der Waals surface area contributed by atoms with Crippen molar-refractivity contribution in [1.29, 1.82) is 0 Å². The Morgan fingerprint density at radius 3 is 2.71 bits per heavy atom. The number of hydrogen-bond acceptors (Lipinski definition) is 4. The molecule has 2 rings (SSSR count). The SMILES string of the molecule is NS(=O)(=O)CCN1CCCC2(CCCNC2)C1. The van der Waals surface area contributed by atoms with Gasteiger partial charge in [0.15, 0.2) is 0 Å². The van der Waals surface area contributed by atoms with E-state index in [0.717, 1.165) is 26.2 Å². The molecule has 2 aliphatic rings. The lowest BCUT2D eigenvalue weighted by Crippen LogP contribution is -2.51. The van der Waals surface area contributed by atoms with Gasteiger partial charge in [-0.25, -0.2) is 13.6 Å². The van der Waals surface area contributed by atoms with E-state index in [-0.39, 0.29) is 5.75 Å². The molecule has 1 spiro atoms. The average Bonchev–Trinajstić information content (AvgIpc) is 2.27. The van der Waals surface area contributed by atoms with Crippen molar-refractivity contribution >= 4 is 10.0 Å². The molecule has 2 aliphatic heterocycles. The lowest BCUT2D eigenvalue weighted by atomic mass is 9.74. The van der Waals surface area contributed by atoms with Crippen LogP contribution in [-0.4, -0.2) is 51.8 Å². The summed E-state index contributed by atoms with van der Waals surface area (Å²) in [7, 11) is -3.32. The maximum Gasteiger partial charge on any atom is 0.210 e. The lowest BCUT2D eigenvalue weighted by molar-refractivity contribution is 0.0685. The molecule has 0 aliphatic carbocycles. The number of hydrogen-bond donors (Lipinski definition) is 2. The van der Waals surface area contributed by atoms with Gasteiger partial charge in [-0.3, -0.25) is 0 Å². The summed E-state index contributed by atoms with van der Waals surface area (Å²) < 4.78 is 22.0. The van der Waals surface area contributed by atoms with E-state index >= 15 is 0 Å². The van der Waals surface area contributed by atoms with Crippen molar-refractivity contribution in [1.82, 2.24) is 10.2 Å². The molecule has 2 saturated heterocycles. The van der Waals surface area contributed by atoms with Gasteiger partial charge in [0.1, 0.15) is 0 Å². The third kappa shape index (κ3) is 3.91. The van der Waals surface area contributed by atoms with Crippen LogP contribution < -0.4 is 10.5 Å². The van der Waals surface area contributed by atoms with Crippen molar-refractivity contribution < 1.29 is 8.42 Å². The molecule has 6 heteroatoms. The second-order valence-corrected chi connectivity index (χ2v) is 7.26. The largest absolute Gasteiger partial charge is 0.316 e. The Bertz CT molecular complexity index is 344. The predicted molar refractivity (Wildman–Crippen MR) is 68.2 cm³/mol. The van der Waals surface area contributed by atoms with Crippen LogP contribution in [0.25, 0.3) is 0 Å². The molecule has 2 fully saturated rings. The van der Waals surface area contributed by atoms with E-state index in [1.54, 1.807) is 0 Å². The average molecular weight is 261 g/mol. The minimum absolute atomic E-state index is 0.0799. The van der Waals surface area contributed by atoms with E-state index in [9.17, 15) is 8.42 Å². The van der Waals surface area contributed by atoms with Crippen LogP contribution in [0.1, 0.15) is 25.7 Å². The second kappa shape index (κ2) is 5.22. The maximum atomic E-state index is 11.0. The summed E-state index contributed by atoms with van der Waals surface area (Å²) in [6, 6.07) is 0. The molecule has 5 nitrogen and oxygen atoms in total. The molecule has 0 amide bonds. The van der Waals surface area contributed by atoms with Crippen LogP contribution in [0.15, 0.2) is 0 Å². The number of nitrogens with one attached hydrogen (secondary N) is 1. The summed E-state index contributed by atoms with van der Waals surface area (Å²) in [6.07, 6.45) is 4.95. The van der Waals surface area contributed by atoms with Gasteiger partial charge in [0.05, 0.1) is 5.75 Å². The number of rotatable bonds is 3. The normalized spacial score (nSPS) is 31.8. The minimum atomic E-state index is -3.32. The number of likely N-dealkylation sites (tertiary alicyclic amines) is 1. The molecule has 17 heavy (non-hydrogen) atoms. The first-order valence-electron chi connectivity index (χ1n) is 6.43. The second-order valence-electron chi connectivity index (χ2n) is 5.53. The summed E-state index contributed by atoms with van der Waals surface area (Å²) >= 11 is 0. The molecular formula is C11H23N3O2S. The highest BCUT2D eigenvalue weighted by Gasteiger charge is 2.36. The van der Waals surface area contributed by atoms with Gasteiger partial charge >= 0.3 is 0 Å². The lowest BCUT2D eigenvalue weighted by Gasteiger charge is -2.45. The summed E-state index contributed by atoms with van der Waals surface area (Å²) in [6.45, 7) is 4.82. The number of piperidine rings is 2. The van der Waals surface area contributed by atoms with Gasteiger partial charge in [0.25, 0.3) is 0 Å². The highest BCUT2D eigenvalue weighted by atomic mass is 32.2. The molecular weight excluding hydrogens is 238 g/mol. The Morgan fingerprint density at radius 2 is 2.06 bits per heavy atom. The van der Waals surface area contributed by atoms with Crippen LogP contribution in [0, 0.1) is 5.41 Å². The highest BCUT2D eigenvalue weighted by molar-refractivity contribution is 7.89. The zero-order valence-electron chi connectivity index (χ0n) is 10.3. The molecule has 1 unspecified atom stereocenters. The van der Waals surface area contributed by atoms with Crippen LogP contribution >= 0.6 is 0 Å². The zero-order valence-corrected chi connectivity index (χ0v) is 11.1. The molecule has 0 aromatic carbocycles. The molecule has 100 valence electrons. The Balaban J connectivity index is 1.88. The van der Waals surface area contributed by atoms with Crippen LogP contribution in [0.2, 0.25) is 0 Å². The van der Waals surface area contributed by atoms with Crippen molar-refractivity contribution in [3.63, 3.8) is 0 Å². The fraction of sp³-hybridized carbons (Fsp3) is 1.00. The van der Waals surface area contributed by atoms with Crippen LogP contribution in [-0.2, 0) is 10.0 Å². The Hall–Kier alpha value is -0.170. The summed E-state index contributed by atoms with van der Waals surface area (Å²) in [5.41, 5.74) is 0.384. The number of sulfonamides is 1. The van der Waals surface area contributed by atoms with Gasteiger partial charge < -0.3 is 10.2 Å². The first-order chi connectivity index (χ1) is 7.99. The molecule has 0 aromatic heterocycles. The molecule has 0 aromatic rings. The first kappa shape index (κ1) is 13.3. The Morgan fingerprint density at radius 1 is 1.29 bits per heavy atom. The van der Waals surface area contributed by atoms with E-state index in [2.05, 4.69) is 10.2 Å². The quantitative estimate of drug-likeness (QED) is 0.734. The standard InChI is InChI=1S/C11H23N3O2S/c12-17(15,16)8-7-14-6-2-4-11(10-14)3-1-5-13-9-11/h13H,1-10H2,(H2,12,15,16). The van der Waals surface area contributed by atoms with E-state index in [1.807, 2.05) is 0 Å². The van der Waals surface area contributed by atoms with Gasteiger partial charge in [0, 0.05) is 19.6 Å². The fourth-order valence-electron chi connectivity index (χ4n) is 3.14. The minimum Gasteiger partial charge on any atom is -0.316 e. The van der Waals surface area contributed by atoms with Gasteiger partial charge in [-0.15, -0.1) is 0 Å². The third-order valence-corrected chi connectivity index (χ3v) is 4.74. The summed E-state index contributed by atoms with van der Waals surface area (Å²) in [4.78, 5) is 2.26. The third-order valence-electron chi connectivity index (χ3n) is 3.99. The van der Waals surface area contributed by atoms with E-state index in [4.69, 9.17) is 5.14 Å². The van der Waals surface area contributed by atoms with E-state index in [1.165, 1.54) is 25.7 Å². The topological polar surface area (TPSA) is 75.4 Å². The van der Waals surface area contributed by atoms with Crippen molar-refractivity contribution in [2.24, 2.45) is 10.6 Å². The van der Waals surface area contributed by atoms with Crippen LogP contribution in [0.3, 0.4) is 0 Å². The molecule has 3 N–H and O–H groups in total. The van der Waals surface area contributed by atoms with E-state index < -0.39 is 10.0 Å². The number of primary sulfonamides is 1. The van der Waals surface area contributed by atoms with Crippen LogP contribution in [0.5, 0.6) is 0 Å². The Labute approximate surface area is 104 Å². The zero-order chi connectivity index (χ0) is 12.4. The molecule has 0 radical (unpaired) electrons. The maximum absolute atomic E-state index is 11.0. The van der Waals surface area contributed by atoms with Crippen molar-refractivity contribution in [2.75, 3.05) is 38.5 Å². The van der Waals surface area contributed by atoms with Crippen molar-refractivity contribution in [2.45, 2.75) is 25.7 Å². The first-order valence-corrected chi connectivity index (χ1v) is 8.14. The molecule has 2 heterocycles. The smallest absolute Gasteiger partial charge is 0.210 e. The summed E-state index contributed by atoms with van der Waals surface area (Å²) in [5, 5.41) is 8.52. The number of nitrogens with two attached hydrogens (primary N) is 1. The number of nitrogens with zero attached hydrogens (tertiary/aromatic N) is 1. The highest BCUT2D eigenvalue weighted by Crippen LogP contribution is 2.35. The predicted octanol–water partition coefficient (Wildman–Crippen LogP) is -0.259. The van der Waals surface area contributed by atoms with E-state index in [0.29, 0.717) is 12.0 Å². The van der Waals surface area contributed by atoms with Crippen molar-refractivity contribution in [3.8, 4) is 0 Å². The molecule has 1 atom stereocenters. The molecule has 0 saturated carbocycles. The molecule has 0 bridgehead atoms.